The zero-order chi connectivity index (χ0) is 13.4. The lowest BCUT2D eigenvalue weighted by molar-refractivity contribution is 0.193. The summed E-state index contributed by atoms with van der Waals surface area (Å²) in [7, 11) is 0. The van der Waals surface area contributed by atoms with E-state index >= 15 is 0 Å². The van der Waals surface area contributed by atoms with Gasteiger partial charge in [-0.25, -0.2) is 0 Å². The second-order valence-electron chi connectivity index (χ2n) is 5.99. The quantitative estimate of drug-likeness (QED) is 0.680. The number of nitriles is 1. The molecule has 0 aliphatic heterocycles. The maximum atomic E-state index is 9.60. The first kappa shape index (κ1) is 13.7. The average molecular weight is 282 g/mol. The molecule has 1 aromatic rings. The first-order chi connectivity index (χ1) is 8.38. The Kier molecular flexibility index (Phi) is 3.63. The minimum Gasteiger partial charge on any atom is -0.197 e. The SMILES string of the molecule is CC1(C)CCC(C#N)(c2ccc(Cl)c(Cl)c2)CC1. The van der Waals surface area contributed by atoms with Gasteiger partial charge in [-0.3, -0.25) is 0 Å². The van der Waals surface area contributed by atoms with Gasteiger partial charge in [0, 0.05) is 0 Å². The molecule has 3 heteroatoms. The lowest BCUT2D eigenvalue weighted by Gasteiger charge is -2.39. The minimum atomic E-state index is -0.385. The Labute approximate surface area is 119 Å². The predicted molar refractivity (Wildman–Crippen MR) is 76.0 cm³/mol. The molecule has 0 spiro atoms. The van der Waals surface area contributed by atoms with Crippen molar-refractivity contribution < 1.29 is 0 Å². The molecule has 2 rings (SSSR count). The van der Waals surface area contributed by atoms with Gasteiger partial charge in [-0.15, -0.1) is 0 Å². The summed E-state index contributed by atoms with van der Waals surface area (Å²) in [5.41, 5.74) is 0.968. The molecule has 1 fully saturated rings. The highest BCUT2D eigenvalue weighted by atomic mass is 35.5. The van der Waals surface area contributed by atoms with Crippen molar-refractivity contribution in [1.29, 1.82) is 5.26 Å². The Hall–Kier alpha value is -0.710. The molecule has 0 bridgehead atoms. The molecule has 0 radical (unpaired) electrons. The fourth-order valence-electron chi connectivity index (χ4n) is 2.61. The number of halogens is 2. The van der Waals surface area contributed by atoms with E-state index in [2.05, 4.69) is 19.9 Å². The zero-order valence-corrected chi connectivity index (χ0v) is 12.3. The standard InChI is InChI=1S/C15H17Cl2N/c1-14(2)5-7-15(10-18,8-6-14)11-3-4-12(16)13(17)9-11/h3-4,9H,5-8H2,1-2H3. The van der Waals surface area contributed by atoms with E-state index in [4.69, 9.17) is 23.2 Å². The predicted octanol–water partition coefficient (Wildman–Crippen LogP) is 5.35. The van der Waals surface area contributed by atoms with Gasteiger partial charge in [-0.1, -0.05) is 43.1 Å². The molecule has 0 amide bonds. The van der Waals surface area contributed by atoms with Crippen LogP contribution in [0, 0.1) is 16.7 Å². The van der Waals surface area contributed by atoms with Crippen molar-refractivity contribution in [3.8, 4) is 6.07 Å². The van der Waals surface area contributed by atoms with Crippen LogP contribution in [0.1, 0.15) is 45.1 Å². The van der Waals surface area contributed by atoms with Gasteiger partial charge in [0.25, 0.3) is 0 Å². The van der Waals surface area contributed by atoms with Crippen LogP contribution in [0.3, 0.4) is 0 Å². The molecular weight excluding hydrogens is 265 g/mol. The van der Waals surface area contributed by atoms with E-state index in [1.165, 1.54) is 0 Å². The van der Waals surface area contributed by atoms with E-state index in [1.807, 2.05) is 12.1 Å². The first-order valence-electron chi connectivity index (χ1n) is 6.25. The van der Waals surface area contributed by atoms with E-state index in [1.54, 1.807) is 6.07 Å². The van der Waals surface area contributed by atoms with Crippen LogP contribution in [0.25, 0.3) is 0 Å². The summed E-state index contributed by atoms with van der Waals surface area (Å²) in [6, 6.07) is 8.10. The number of nitrogens with zero attached hydrogens (tertiary/aromatic N) is 1. The molecule has 0 heterocycles. The third-order valence-corrected chi connectivity index (χ3v) is 4.88. The van der Waals surface area contributed by atoms with Gasteiger partial charge in [-0.05, 0) is 48.8 Å². The Morgan fingerprint density at radius 1 is 1.06 bits per heavy atom. The highest BCUT2D eigenvalue weighted by molar-refractivity contribution is 6.42. The van der Waals surface area contributed by atoms with Gasteiger partial charge in [0.05, 0.1) is 21.5 Å². The smallest absolute Gasteiger partial charge is 0.0823 e. The second-order valence-corrected chi connectivity index (χ2v) is 6.80. The topological polar surface area (TPSA) is 23.8 Å². The number of hydrogen-bond acceptors (Lipinski definition) is 1. The number of hydrogen-bond donors (Lipinski definition) is 0. The maximum absolute atomic E-state index is 9.60. The molecule has 18 heavy (non-hydrogen) atoms. The summed E-state index contributed by atoms with van der Waals surface area (Å²) in [5.74, 6) is 0. The Bertz CT molecular complexity index is 490. The summed E-state index contributed by atoms with van der Waals surface area (Å²) in [6.07, 6.45) is 3.94. The molecule has 0 saturated heterocycles. The molecule has 1 aromatic carbocycles. The highest BCUT2D eigenvalue weighted by Gasteiger charge is 2.40. The van der Waals surface area contributed by atoms with Crippen LogP contribution in [0.4, 0.5) is 0 Å². The van der Waals surface area contributed by atoms with Crippen molar-refractivity contribution in [3.63, 3.8) is 0 Å². The van der Waals surface area contributed by atoms with Crippen LogP contribution >= 0.6 is 23.2 Å². The zero-order valence-electron chi connectivity index (χ0n) is 10.8. The van der Waals surface area contributed by atoms with Crippen molar-refractivity contribution >= 4 is 23.2 Å². The van der Waals surface area contributed by atoms with Crippen LogP contribution in [0.2, 0.25) is 10.0 Å². The molecule has 0 aromatic heterocycles. The molecule has 1 aliphatic rings. The largest absolute Gasteiger partial charge is 0.197 e. The Balaban J connectivity index is 2.34. The van der Waals surface area contributed by atoms with Crippen molar-refractivity contribution in [2.45, 2.75) is 44.9 Å². The molecule has 1 aliphatic carbocycles. The monoisotopic (exact) mass is 281 g/mol. The third kappa shape index (κ3) is 2.51. The average Bonchev–Trinajstić information content (AvgIpc) is 2.34. The summed E-state index contributed by atoms with van der Waals surface area (Å²) in [6.45, 7) is 4.53. The van der Waals surface area contributed by atoms with E-state index in [-0.39, 0.29) is 5.41 Å². The van der Waals surface area contributed by atoms with Crippen LogP contribution in [-0.4, -0.2) is 0 Å². The maximum Gasteiger partial charge on any atom is 0.0823 e. The molecule has 96 valence electrons. The fraction of sp³-hybridized carbons (Fsp3) is 0.533. The van der Waals surface area contributed by atoms with E-state index in [0.29, 0.717) is 15.5 Å². The van der Waals surface area contributed by atoms with Crippen molar-refractivity contribution in [2.75, 3.05) is 0 Å². The van der Waals surface area contributed by atoms with Crippen LogP contribution in [0.5, 0.6) is 0 Å². The van der Waals surface area contributed by atoms with Crippen LogP contribution in [0.15, 0.2) is 18.2 Å². The van der Waals surface area contributed by atoms with Crippen molar-refractivity contribution in [2.24, 2.45) is 5.41 Å². The van der Waals surface area contributed by atoms with E-state index in [0.717, 1.165) is 31.2 Å². The molecule has 0 N–H and O–H groups in total. The second kappa shape index (κ2) is 4.76. The number of rotatable bonds is 1. The summed E-state index contributed by atoms with van der Waals surface area (Å²) in [4.78, 5) is 0. The van der Waals surface area contributed by atoms with Crippen molar-refractivity contribution in [3.05, 3.63) is 33.8 Å². The van der Waals surface area contributed by atoms with Gasteiger partial charge in [0.1, 0.15) is 0 Å². The first-order valence-corrected chi connectivity index (χ1v) is 7.01. The normalized spacial score (nSPS) is 21.3. The molecule has 1 saturated carbocycles. The van der Waals surface area contributed by atoms with Gasteiger partial charge < -0.3 is 0 Å². The summed E-state index contributed by atoms with van der Waals surface area (Å²) < 4.78 is 0. The Morgan fingerprint density at radius 2 is 1.67 bits per heavy atom. The lowest BCUT2D eigenvalue weighted by atomic mass is 9.63. The number of benzene rings is 1. The van der Waals surface area contributed by atoms with Gasteiger partial charge >= 0.3 is 0 Å². The Morgan fingerprint density at radius 3 is 2.17 bits per heavy atom. The highest BCUT2D eigenvalue weighted by Crippen LogP contribution is 2.47. The fourth-order valence-corrected chi connectivity index (χ4v) is 2.91. The summed E-state index contributed by atoms with van der Waals surface area (Å²) >= 11 is 12.0. The van der Waals surface area contributed by atoms with E-state index in [9.17, 15) is 5.26 Å². The van der Waals surface area contributed by atoms with Gasteiger partial charge in [0.15, 0.2) is 0 Å². The van der Waals surface area contributed by atoms with E-state index < -0.39 is 0 Å². The molecule has 1 nitrogen and oxygen atoms in total. The van der Waals surface area contributed by atoms with Gasteiger partial charge in [0.2, 0.25) is 0 Å². The third-order valence-electron chi connectivity index (χ3n) is 4.14. The van der Waals surface area contributed by atoms with Gasteiger partial charge in [-0.2, -0.15) is 5.26 Å². The minimum absolute atomic E-state index is 0.344. The summed E-state index contributed by atoms with van der Waals surface area (Å²) in [5, 5.41) is 10.7. The molecule has 0 unspecified atom stereocenters. The van der Waals surface area contributed by atoms with Crippen molar-refractivity contribution in [1.82, 2.24) is 0 Å². The molecular formula is C15H17Cl2N. The lowest BCUT2D eigenvalue weighted by Crippen LogP contribution is -2.33. The molecule has 0 atom stereocenters. The van der Waals surface area contributed by atoms with Crippen LogP contribution < -0.4 is 0 Å². The van der Waals surface area contributed by atoms with Crippen LogP contribution in [-0.2, 0) is 5.41 Å².